The van der Waals surface area contributed by atoms with Gasteiger partial charge in [-0.05, 0) is 44.1 Å². The van der Waals surface area contributed by atoms with E-state index < -0.39 is 0 Å². The maximum atomic E-state index is 13.9. The number of nitrogens with zero attached hydrogens (tertiary/aromatic N) is 1. The van der Waals surface area contributed by atoms with Crippen molar-refractivity contribution in [2.75, 3.05) is 20.2 Å². The van der Waals surface area contributed by atoms with Crippen molar-refractivity contribution < 1.29 is 13.9 Å². The van der Waals surface area contributed by atoms with Gasteiger partial charge in [-0.1, -0.05) is 35.9 Å². The number of para-hydroxylation sites is 1. The number of hydrogen-bond acceptors (Lipinski definition) is 3. The van der Waals surface area contributed by atoms with E-state index in [1.165, 1.54) is 6.07 Å². The number of hydrogen-bond donors (Lipinski definition) is 1. The van der Waals surface area contributed by atoms with Gasteiger partial charge in [0, 0.05) is 35.2 Å². The first-order valence-corrected chi connectivity index (χ1v) is 9.50. The molecule has 0 aliphatic carbocycles. The molecule has 6 heteroatoms. The number of likely N-dealkylation sites (tertiary alicyclic amines) is 1. The Morgan fingerprint density at radius 3 is 2.67 bits per heavy atom. The predicted molar refractivity (Wildman–Crippen MR) is 104 cm³/mol. The summed E-state index contributed by atoms with van der Waals surface area (Å²) in [5.74, 6) is 0.557. The molecule has 144 valence electrons. The summed E-state index contributed by atoms with van der Waals surface area (Å²) in [6.45, 7) is 2.54. The van der Waals surface area contributed by atoms with E-state index in [0.29, 0.717) is 23.7 Å². The van der Waals surface area contributed by atoms with Crippen LogP contribution in [0.3, 0.4) is 0 Å². The van der Waals surface area contributed by atoms with Gasteiger partial charge < -0.3 is 10.1 Å². The summed E-state index contributed by atoms with van der Waals surface area (Å²) < 4.78 is 19.3. The number of nitrogens with one attached hydrogen (secondary N) is 1. The van der Waals surface area contributed by atoms with E-state index in [4.69, 9.17) is 16.3 Å². The van der Waals surface area contributed by atoms with Crippen LogP contribution in [0.15, 0.2) is 42.5 Å². The lowest BCUT2D eigenvalue weighted by Crippen LogP contribution is -2.40. The number of amides is 1. The van der Waals surface area contributed by atoms with Crippen molar-refractivity contribution in [1.29, 1.82) is 0 Å². The molecule has 0 aromatic heterocycles. The van der Waals surface area contributed by atoms with Crippen LogP contribution in [0.4, 0.5) is 4.39 Å². The van der Waals surface area contributed by atoms with Crippen LogP contribution in [-0.4, -0.2) is 31.0 Å². The first-order chi connectivity index (χ1) is 13.1. The Balaban J connectivity index is 1.47. The van der Waals surface area contributed by atoms with Crippen molar-refractivity contribution in [3.8, 4) is 5.75 Å². The summed E-state index contributed by atoms with van der Waals surface area (Å²) >= 11 is 5.80. The molecule has 2 aromatic carbocycles. The number of ether oxygens (including phenoxy) is 1. The number of methoxy groups -OCH3 is 1. The number of benzene rings is 2. The van der Waals surface area contributed by atoms with Gasteiger partial charge in [0.1, 0.15) is 11.6 Å². The average Bonchev–Trinajstić information content (AvgIpc) is 2.69. The van der Waals surface area contributed by atoms with Gasteiger partial charge in [-0.2, -0.15) is 0 Å². The van der Waals surface area contributed by atoms with Gasteiger partial charge in [0.25, 0.3) is 0 Å². The number of halogens is 2. The highest BCUT2D eigenvalue weighted by molar-refractivity contribution is 6.30. The van der Waals surface area contributed by atoms with Crippen LogP contribution < -0.4 is 10.1 Å². The zero-order chi connectivity index (χ0) is 19.2. The first-order valence-electron chi connectivity index (χ1n) is 9.12. The molecule has 4 nitrogen and oxygen atoms in total. The molecule has 0 bridgehead atoms. The van der Waals surface area contributed by atoms with Crippen LogP contribution in [-0.2, 0) is 17.9 Å². The number of piperidine rings is 1. The molecule has 1 N–H and O–H groups in total. The minimum Gasteiger partial charge on any atom is -0.496 e. The van der Waals surface area contributed by atoms with E-state index in [9.17, 15) is 9.18 Å². The highest BCUT2D eigenvalue weighted by Gasteiger charge is 2.25. The zero-order valence-electron chi connectivity index (χ0n) is 15.4. The summed E-state index contributed by atoms with van der Waals surface area (Å²) in [4.78, 5) is 14.7. The van der Waals surface area contributed by atoms with E-state index in [-0.39, 0.29) is 17.6 Å². The third-order valence-electron chi connectivity index (χ3n) is 5.01. The van der Waals surface area contributed by atoms with Crippen molar-refractivity contribution in [3.63, 3.8) is 0 Å². The van der Waals surface area contributed by atoms with Gasteiger partial charge in [0.2, 0.25) is 5.91 Å². The van der Waals surface area contributed by atoms with Gasteiger partial charge in [-0.25, -0.2) is 4.39 Å². The van der Waals surface area contributed by atoms with Crippen LogP contribution in [0.1, 0.15) is 24.0 Å². The van der Waals surface area contributed by atoms with Gasteiger partial charge >= 0.3 is 0 Å². The molecule has 0 atom stereocenters. The third-order valence-corrected chi connectivity index (χ3v) is 5.25. The quantitative estimate of drug-likeness (QED) is 0.810. The summed E-state index contributed by atoms with van der Waals surface area (Å²) in [6, 6.07) is 12.4. The minimum absolute atomic E-state index is 0.00831. The predicted octanol–water partition coefficient (Wildman–Crippen LogP) is 4.02. The average molecular weight is 391 g/mol. The molecule has 1 saturated heterocycles. The second-order valence-electron chi connectivity index (χ2n) is 6.82. The Kier molecular flexibility index (Phi) is 6.69. The fourth-order valence-electron chi connectivity index (χ4n) is 3.42. The number of carbonyl (C=O) groups is 1. The smallest absolute Gasteiger partial charge is 0.223 e. The monoisotopic (exact) mass is 390 g/mol. The Labute approximate surface area is 164 Å². The van der Waals surface area contributed by atoms with E-state index in [0.717, 1.165) is 37.2 Å². The molecular weight excluding hydrogens is 367 g/mol. The maximum absolute atomic E-state index is 13.9. The topological polar surface area (TPSA) is 41.6 Å². The summed E-state index contributed by atoms with van der Waals surface area (Å²) in [5, 5.41) is 3.42. The van der Waals surface area contributed by atoms with E-state index in [1.54, 1.807) is 19.2 Å². The Hall–Kier alpha value is -2.11. The second kappa shape index (κ2) is 9.20. The molecule has 2 aromatic rings. The van der Waals surface area contributed by atoms with Gasteiger partial charge in [0.05, 0.1) is 7.11 Å². The highest BCUT2D eigenvalue weighted by atomic mass is 35.5. The summed E-state index contributed by atoms with van der Waals surface area (Å²) in [7, 11) is 1.62. The summed E-state index contributed by atoms with van der Waals surface area (Å²) in [5.41, 5.74) is 1.60. The standard InChI is InChI=1S/C21H24ClFN2O2/c1-27-20-5-3-2-4-16(20)13-24-21(26)15-8-10-25(11-9-15)14-17-6-7-18(22)12-19(17)23/h2-7,12,15H,8-11,13-14H2,1H3,(H,24,26). The van der Waals surface area contributed by atoms with Gasteiger partial charge in [0.15, 0.2) is 0 Å². The Morgan fingerprint density at radius 2 is 1.96 bits per heavy atom. The normalized spacial score (nSPS) is 15.5. The van der Waals surface area contributed by atoms with Crippen LogP contribution in [0, 0.1) is 11.7 Å². The van der Waals surface area contributed by atoms with Crippen molar-refractivity contribution in [2.45, 2.75) is 25.9 Å². The van der Waals surface area contributed by atoms with Crippen LogP contribution >= 0.6 is 11.6 Å². The van der Waals surface area contributed by atoms with Gasteiger partial charge in [-0.15, -0.1) is 0 Å². The van der Waals surface area contributed by atoms with Crippen LogP contribution in [0.25, 0.3) is 0 Å². The molecule has 27 heavy (non-hydrogen) atoms. The minimum atomic E-state index is -0.279. The molecule has 1 amide bonds. The Bertz CT molecular complexity index is 792. The van der Waals surface area contributed by atoms with Crippen LogP contribution in [0.2, 0.25) is 5.02 Å². The van der Waals surface area contributed by atoms with E-state index in [1.807, 2.05) is 24.3 Å². The van der Waals surface area contributed by atoms with Crippen molar-refractivity contribution in [2.24, 2.45) is 5.92 Å². The van der Waals surface area contributed by atoms with Gasteiger partial charge in [-0.3, -0.25) is 9.69 Å². The largest absolute Gasteiger partial charge is 0.496 e. The molecule has 0 radical (unpaired) electrons. The van der Waals surface area contributed by atoms with Crippen LogP contribution in [0.5, 0.6) is 5.75 Å². The fraction of sp³-hybridized carbons (Fsp3) is 0.381. The fourth-order valence-corrected chi connectivity index (χ4v) is 3.58. The molecule has 0 spiro atoms. The molecule has 0 saturated carbocycles. The molecule has 3 rings (SSSR count). The molecule has 1 aliphatic rings. The molecule has 0 unspecified atom stereocenters. The van der Waals surface area contributed by atoms with Crippen molar-refractivity contribution in [3.05, 3.63) is 64.4 Å². The second-order valence-corrected chi connectivity index (χ2v) is 7.25. The Morgan fingerprint density at radius 1 is 1.22 bits per heavy atom. The number of carbonyl (C=O) groups excluding carboxylic acids is 1. The molecule has 1 fully saturated rings. The maximum Gasteiger partial charge on any atom is 0.223 e. The molecule has 1 heterocycles. The SMILES string of the molecule is COc1ccccc1CNC(=O)C1CCN(Cc2ccc(Cl)cc2F)CC1. The lowest BCUT2D eigenvalue weighted by Gasteiger charge is -2.31. The lowest BCUT2D eigenvalue weighted by molar-refractivity contribution is -0.126. The third kappa shape index (κ3) is 5.21. The number of rotatable bonds is 6. The van der Waals surface area contributed by atoms with E-state index in [2.05, 4.69) is 10.2 Å². The summed E-state index contributed by atoms with van der Waals surface area (Å²) in [6.07, 6.45) is 1.54. The van der Waals surface area contributed by atoms with Crippen molar-refractivity contribution >= 4 is 17.5 Å². The molecule has 1 aliphatic heterocycles. The zero-order valence-corrected chi connectivity index (χ0v) is 16.1. The van der Waals surface area contributed by atoms with E-state index >= 15 is 0 Å². The lowest BCUT2D eigenvalue weighted by atomic mass is 9.95. The van der Waals surface area contributed by atoms with Crippen molar-refractivity contribution in [1.82, 2.24) is 10.2 Å². The first kappa shape index (κ1) is 19.6. The highest BCUT2D eigenvalue weighted by Crippen LogP contribution is 2.22. The molecular formula is C21H24ClFN2O2.